The van der Waals surface area contributed by atoms with Gasteiger partial charge in [0.1, 0.15) is 0 Å². The fourth-order valence-electron chi connectivity index (χ4n) is 1.17. The Morgan fingerprint density at radius 1 is 0.889 bits per heavy atom. The van der Waals surface area contributed by atoms with Crippen LogP contribution in [0.2, 0.25) is 0 Å². The molecular formula is C10H8F6OS. The largest absolute Gasteiger partial charge is 0.416 e. The molecule has 0 heterocycles. The molecule has 1 rings (SSSR count). The highest BCUT2D eigenvalue weighted by Crippen LogP contribution is 2.38. The Bertz CT molecular complexity index is 380. The fraction of sp³-hybridized carbons (Fsp3) is 0.400. The van der Waals surface area contributed by atoms with Gasteiger partial charge in [0.05, 0.1) is 17.7 Å². The number of alkyl halides is 6. The standard InChI is InChI=1S/C10H8F6OS/c11-9(12,13)6-3-7(10(14,15)16)5-8(4-6)18-2-1-17/h3-5,17H,1-2H2. The van der Waals surface area contributed by atoms with Gasteiger partial charge < -0.3 is 5.11 Å². The van der Waals surface area contributed by atoms with Gasteiger partial charge in [-0.3, -0.25) is 0 Å². The highest BCUT2D eigenvalue weighted by atomic mass is 32.2. The SMILES string of the molecule is OCCSc1cc(C(F)(F)F)cc(C(F)(F)F)c1. The number of benzene rings is 1. The summed E-state index contributed by atoms with van der Waals surface area (Å²) in [5.74, 6) is 0.0264. The monoisotopic (exact) mass is 290 g/mol. The van der Waals surface area contributed by atoms with E-state index >= 15 is 0 Å². The van der Waals surface area contributed by atoms with Crippen LogP contribution < -0.4 is 0 Å². The lowest BCUT2D eigenvalue weighted by Crippen LogP contribution is -2.11. The number of hydrogen-bond acceptors (Lipinski definition) is 2. The van der Waals surface area contributed by atoms with Gasteiger partial charge in [0.15, 0.2) is 0 Å². The molecule has 0 saturated carbocycles. The van der Waals surface area contributed by atoms with Crippen molar-refractivity contribution in [2.24, 2.45) is 0 Å². The first-order chi connectivity index (χ1) is 8.14. The van der Waals surface area contributed by atoms with Crippen molar-refractivity contribution in [1.82, 2.24) is 0 Å². The first-order valence-electron chi connectivity index (χ1n) is 4.67. The van der Waals surface area contributed by atoms with Crippen molar-refractivity contribution in [3.63, 3.8) is 0 Å². The van der Waals surface area contributed by atoms with E-state index in [2.05, 4.69) is 0 Å². The molecule has 0 aliphatic carbocycles. The Labute approximate surface area is 103 Å². The van der Waals surface area contributed by atoms with Crippen LogP contribution in [0.4, 0.5) is 26.3 Å². The summed E-state index contributed by atoms with van der Waals surface area (Å²) in [5.41, 5.74) is -2.70. The van der Waals surface area contributed by atoms with Crippen LogP contribution in [-0.4, -0.2) is 17.5 Å². The molecule has 0 amide bonds. The van der Waals surface area contributed by atoms with E-state index in [0.717, 1.165) is 11.8 Å². The van der Waals surface area contributed by atoms with Crippen LogP contribution in [0.3, 0.4) is 0 Å². The molecule has 0 atom stereocenters. The van der Waals surface area contributed by atoms with E-state index in [1.807, 2.05) is 0 Å². The molecule has 0 spiro atoms. The van der Waals surface area contributed by atoms with E-state index in [-0.39, 0.29) is 23.3 Å². The van der Waals surface area contributed by atoms with Crippen LogP contribution in [0.25, 0.3) is 0 Å². The molecule has 18 heavy (non-hydrogen) atoms. The Balaban J connectivity index is 3.21. The van der Waals surface area contributed by atoms with E-state index in [4.69, 9.17) is 5.11 Å². The smallest absolute Gasteiger partial charge is 0.396 e. The molecule has 0 unspecified atom stereocenters. The molecule has 0 aliphatic heterocycles. The van der Waals surface area contributed by atoms with Crippen molar-refractivity contribution in [2.45, 2.75) is 17.2 Å². The van der Waals surface area contributed by atoms with Crippen molar-refractivity contribution in [3.8, 4) is 0 Å². The van der Waals surface area contributed by atoms with Gasteiger partial charge >= 0.3 is 12.4 Å². The normalized spacial score (nSPS) is 12.8. The topological polar surface area (TPSA) is 20.2 Å². The Kier molecular flexibility index (Phi) is 4.55. The molecule has 0 aliphatic rings. The second kappa shape index (κ2) is 5.40. The van der Waals surface area contributed by atoms with Crippen molar-refractivity contribution >= 4 is 11.8 Å². The maximum atomic E-state index is 12.4. The second-order valence-electron chi connectivity index (χ2n) is 3.31. The van der Waals surface area contributed by atoms with Crippen molar-refractivity contribution in [1.29, 1.82) is 0 Å². The molecule has 1 nitrogen and oxygen atoms in total. The molecule has 1 N–H and O–H groups in total. The van der Waals surface area contributed by atoms with Gasteiger partial charge in [-0.05, 0) is 18.2 Å². The molecule has 1 aromatic carbocycles. The second-order valence-corrected chi connectivity index (χ2v) is 4.48. The maximum absolute atomic E-state index is 12.4. The molecule has 0 aromatic heterocycles. The first-order valence-corrected chi connectivity index (χ1v) is 5.66. The molecule has 1 aromatic rings. The van der Waals surface area contributed by atoms with Crippen molar-refractivity contribution < 1.29 is 31.4 Å². The summed E-state index contributed by atoms with van der Waals surface area (Å²) >= 11 is 0.731. The lowest BCUT2D eigenvalue weighted by Gasteiger charge is -2.13. The van der Waals surface area contributed by atoms with Gasteiger partial charge in [-0.15, -0.1) is 11.8 Å². The van der Waals surface area contributed by atoms with Gasteiger partial charge in [-0.1, -0.05) is 0 Å². The van der Waals surface area contributed by atoms with Gasteiger partial charge in [0.2, 0.25) is 0 Å². The van der Waals surface area contributed by atoms with Crippen LogP contribution in [0.5, 0.6) is 0 Å². The lowest BCUT2D eigenvalue weighted by molar-refractivity contribution is -0.143. The number of rotatable bonds is 3. The number of halogens is 6. The summed E-state index contributed by atoms with van der Waals surface area (Å²) in [6.45, 7) is -0.331. The molecule has 0 radical (unpaired) electrons. The van der Waals surface area contributed by atoms with Gasteiger partial charge in [0.25, 0.3) is 0 Å². The van der Waals surface area contributed by atoms with E-state index in [1.54, 1.807) is 0 Å². The first kappa shape index (κ1) is 15.2. The van der Waals surface area contributed by atoms with Gasteiger partial charge in [-0.25, -0.2) is 0 Å². The van der Waals surface area contributed by atoms with Gasteiger partial charge in [-0.2, -0.15) is 26.3 Å². The maximum Gasteiger partial charge on any atom is 0.416 e. The Morgan fingerprint density at radius 3 is 1.67 bits per heavy atom. The molecule has 0 saturated heterocycles. The zero-order valence-electron chi connectivity index (χ0n) is 8.77. The van der Waals surface area contributed by atoms with Crippen molar-refractivity contribution in [3.05, 3.63) is 29.3 Å². The van der Waals surface area contributed by atoms with E-state index in [9.17, 15) is 26.3 Å². The summed E-state index contributed by atoms with van der Waals surface area (Å²) in [6.07, 6.45) is -9.68. The minimum Gasteiger partial charge on any atom is -0.396 e. The highest BCUT2D eigenvalue weighted by Gasteiger charge is 2.36. The minimum atomic E-state index is -4.84. The zero-order chi connectivity index (χ0) is 14.0. The average Bonchev–Trinajstić information content (AvgIpc) is 2.23. The van der Waals surface area contributed by atoms with E-state index in [1.165, 1.54) is 0 Å². The third-order valence-corrected chi connectivity index (χ3v) is 2.88. The number of aliphatic hydroxyl groups excluding tert-OH is 1. The molecule has 8 heteroatoms. The third-order valence-electron chi connectivity index (χ3n) is 1.92. The fourth-order valence-corrected chi connectivity index (χ4v) is 1.92. The summed E-state index contributed by atoms with van der Waals surface area (Å²) in [7, 11) is 0. The van der Waals surface area contributed by atoms with E-state index < -0.39 is 23.5 Å². The highest BCUT2D eigenvalue weighted by molar-refractivity contribution is 7.99. The molecule has 0 bridgehead atoms. The summed E-state index contributed by atoms with van der Waals surface area (Å²) in [6, 6.07) is 1.34. The van der Waals surface area contributed by atoms with Gasteiger partial charge in [0, 0.05) is 10.6 Å². The quantitative estimate of drug-likeness (QED) is 0.675. The van der Waals surface area contributed by atoms with Crippen LogP contribution in [0.15, 0.2) is 23.1 Å². The molecule has 102 valence electrons. The van der Waals surface area contributed by atoms with Crippen LogP contribution in [-0.2, 0) is 12.4 Å². The molecular weight excluding hydrogens is 282 g/mol. The zero-order valence-corrected chi connectivity index (χ0v) is 9.59. The number of hydrogen-bond donors (Lipinski definition) is 1. The summed E-state index contributed by atoms with van der Waals surface area (Å²) in [4.78, 5) is -0.175. The summed E-state index contributed by atoms with van der Waals surface area (Å²) in [5, 5.41) is 8.52. The van der Waals surface area contributed by atoms with Crippen LogP contribution in [0.1, 0.15) is 11.1 Å². The van der Waals surface area contributed by atoms with Crippen molar-refractivity contribution in [2.75, 3.05) is 12.4 Å². The lowest BCUT2D eigenvalue weighted by atomic mass is 10.1. The predicted molar refractivity (Wildman–Crippen MR) is 54.3 cm³/mol. The average molecular weight is 290 g/mol. The number of thioether (sulfide) groups is 1. The predicted octanol–water partition coefficient (Wildman–Crippen LogP) is 3.81. The number of aliphatic hydroxyl groups is 1. The Morgan fingerprint density at radius 2 is 1.33 bits per heavy atom. The van der Waals surface area contributed by atoms with Crippen LogP contribution >= 0.6 is 11.8 Å². The van der Waals surface area contributed by atoms with E-state index in [0.29, 0.717) is 12.1 Å². The minimum absolute atomic E-state index is 0.0264. The Hall–Kier alpha value is -0.890. The third kappa shape index (κ3) is 4.09. The molecule has 0 fully saturated rings. The summed E-state index contributed by atoms with van der Waals surface area (Å²) < 4.78 is 74.6. The van der Waals surface area contributed by atoms with Crippen LogP contribution in [0, 0.1) is 0 Å².